The predicted molar refractivity (Wildman–Crippen MR) is 57.0 cm³/mol. The van der Waals surface area contributed by atoms with Gasteiger partial charge in [0, 0.05) is 11.4 Å². The van der Waals surface area contributed by atoms with E-state index in [1.54, 1.807) is 17.8 Å². The van der Waals surface area contributed by atoms with E-state index in [1.165, 1.54) is 0 Å². The molecule has 1 aromatic heterocycles. The molecule has 0 saturated heterocycles. The summed E-state index contributed by atoms with van der Waals surface area (Å²) in [4.78, 5) is 8.37. The molecular weight excluding hydrogens is 194 g/mol. The summed E-state index contributed by atoms with van der Waals surface area (Å²) in [6.45, 7) is 6.17. The van der Waals surface area contributed by atoms with Crippen molar-refractivity contribution in [3.8, 4) is 6.07 Å². The van der Waals surface area contributed by atoms with Crippen molar-refractivity contribution in [2.24, 2.45) is 5.92 Å². The van der Waals surface area contributed by atoms with Crippen LogP contribution in [-0.2, 0) is 0 Å². The zero-order valence-electron chi connectivity index (χ0n) is 8.61. The maximum Gasteiger partial charge on any atom is 0.189 e. The number of nitrogens with zero attached hydrogens (tertiary/aromatic N) is 3. The van der Waals surface area contributed by atoms with Gasteiger partial charge in [-0.15, -0.1) is 0 Å². The van der Waals surface area contributed by atoms with Gasteiger partial charge in [-0.05, 0) is 18.9 Å². The minimum Gasteiger partial charge on any atom is -0.228 e. The van der Waals surface area contributed by atoms with Crippen molar-refractivity contribution in [3.63, 3.8) is 0 Å². The van der Waals surface area contributed by atoms with Crippen LogP contribution in [0.5, 0.6) is 0 Å². The average molecular weight is 207 g/mol. The number of rotatable bonds is 3. The van der Waals surface area contributed by atoms with Gasteiger partial charge in [0.25, 0.3) is 0 Å². The lowest BCUT2D eigenvalue weighted by Gasteiger charge is -2.03. The summed E-state index contributed by atoms with van der Waals surface area (Å²) in [5.41, 5.74) is 1.30. The van der Waals surface area contributed by atoms with Gasteiger partial charge in [-0.2, -0.15) is 5.26 Å². The maximum absolute atomic E-state index is 8.71. The van der Waals surface area contributed by atoms with Gasteiger partial charge in [0.2, 0.25) is 0 Å². The van der Waals surface area contributed by atoms with Crippen molar-refractivity contribution >= 4 is 11.8 Å². The van der Waals surface area contributed by atoms with Crippen LogP contribution in [0.3, 0.4) is 0 Å². The smallest absolute Gasteiger partial charge is 0.189 e. The summed E-state index contributed by atoms with van der Waals surface area (Å²) >= 11 is 1.60. The van der Waals surface area contributed by atoms with E-state index in [2.05, 4.69) is 23.8 Å². The number of hydrogen-bond acceptors (Lipinski definition) is 4. The molecule has 0 atom stereocenters. The lowest BCUT2D eigenvalue weighted by atomic mass is 10.3. The van der Waals surface area contributed by atoms with Crippen LogP contribution in [0.1, 0.15) is 25.2 Å². The first-order valence-electron chi connectivity index (χ1n) is 4.50. The number of thioether (sulfide) groups is 1. The van der Waals surface area contributed by atoms with Crippen LogP contribution in [0.25, 0.3) is 0 Å². The van der Waals surface area contributed by atoms with Crippen molar-refractivity contribution in [2.45, 2.75) is 25.9 Å². The Morgan fingerprint density at radius 3 is 2.79 bits per heavy atom. The monoisotopic (exact) mass is 207 g/mol. The largest absolute Gasteiger partial charge is 0.228 e. The Balaban J connectivity index is 2.78. The molecule has 0 bridgehead atoms. The molecule has 0 amide bonds. The van der Waals surface area contributed by atoms with Crippen LogP contribution in [0.4, 0.5) is 0 Å². The van der Waals surface area contributed by atoms with Gasteiger partial charge in [-0.25, -0.2) is 9.97 Å². The van der Waals surface area contributed by atoms with Gasteiger partial charge in [0.05, 0.1) is 0 Å². The zero-order valence-corrected chi connectivity index (χ0v) is 9.43. The van der Waals surface area contributed by atoms with Gasteiger partial charge in [0.15, 0.2) is 5.16 Å². The molecule has 74 valence electrons. The molecule has 0 spiro atoms. The van der Waals surface area contributed by atoms with Crippen LogP contribution >= 0.6 is 11.8 Å². The summed E-state index contributed by atoms with van der Waals surface area (Å²) < 4.78 is 0. The van der Waals surface area contributed by atoms with Crippen molar-refractivity contribution in [2.75, 3.05) is 5.75 Å². The highest BCUT2D eigenvalue weighted by atomic mass is 32.2. The molecule has 0 radical (unpaired) electrons. The second-order valence-electron chi connectivity index (χ2n) is 3.49. The molecule has 1 heterocycles. The fraction of sp³-hybridized carbons (Fsp3) is 0.500. The molecule has 1 rings (SSSR count). The lowest BCUT2D eigenvalue weighted by molar-refractivity contribution is 0.747. The Hall–Kier alpha value is -1.08. The van der Waals surface area contributed by atoms with Gasteiger partial charge in [-0.1, -0.05) is 25.6 Å². The highest BCUT2D eigenvalue weighted by Crippen LogP contribution is 2.16. The highest BCUT2D eigenvalue weighted by Gasteiger charge is 2.03. The molecule has 0 aromatic carbocycles. The SMILES string of the molecule is Cc1cc(C#N)nc(SCC(C)C)n1. The van der Waals surface area contributed by atoms with E-state index in [4.69, 9.17) is 5.26 Å². The molecule has 3 nitrogen and oxygen atoms in total. The van der Waals surface area contributed by atoms with Crippen molar-refractivity contribution < 1.29 is 0 Å². The summed E-state index contributed by atoms with van der Waals surface area (Å²) in [7, 11) is 0. The van der Waals surface area contributed by atoms with Crippen LogP contribution < -0.4 is 0 Å². The summed E-state index contributed by atoms with van der Waals surface area (Å²) in [5, 5.41) is 9.42. The number of nitriles is 1. The second kappa shape index (κ2) is 4.97. The van der Waals surface area contributed by atoms with Crippen LogP contribution in [-0.4, -0.2) is 15.7 Å². The average Bonchev–Trinajstić information content (AvgIpc) is 2.14. The molecule has 0 aliphatic carbocycles. The van der Waals surface area contributed by atoms with Gasteiger partial charge < -0.3 is 0 Å². The number of aromatic nitrogens is 2. The lowest BCUT2D eigenvalue weighted by Crippen LogP contribution is -1.97. The van der Waals surface area contributed by atoms with E-state index < -0.39 is 0 Å². The van der Waals surface area contributed by atoms with E-state index >= 15 is 0 Å². The second-order valence-corrected chi connectivity index (χ2v) is 4.48. The summed E-state index contributed by atoms with van der Waals surface area (Å²) in [6.07, 6.45) is 0. The zero-order chi connectivity index (χ0) is 10.6. The molecule has 0 saturated carbocycles. The molecule has 0 N–H and O–H groups in total. The van der Waals surface area contributed by atoms with Crippen molar-refractivity contribution in [3.05, 3.63) is 17.5 Å². The fourth-order valence-electron chi connectivity index (χ4n) is 0.904. The highest BCUT2D eigenvalue weighted by molar-refractivity contribution is 7.99. The number of hydrogen-bond donors (Lipinski definition) is 0. The molecule has 14 heavy (non-hydrogen) atoms. The van der Waals surface area contributed by atoms with E-state index in [9.17, 15) is 0 Å². The Morgan fingerprint density at radius 2 is 2.21 bits per heavy atom. The molecule has 4 heteroatoms. The number of aryl methyl sites for hydroxylation is 1. The van der Waals surface area contributed by atoms with E-state index in [-0.39, 0.29) is 0 Å². The van der Waals surface area contributed by atoms with Crippen LogP contribution in [0.2, 0.25) is 0 Å². The third-order valence-corrected chi connectivity index (χ3v) is 2.77. The van der Waals surface area contributed by atoms with Gasteiger partial charge in [0.1, 0.15) is 11.8 Å². The topological polar surface area (TPSA) is 49.6 Å². The molecule has 0 fully saturated rings. The van der Waals surface area contributed by atoms with Gasteiger partial charge >= 0.3 is 0 Å². The standard InChI is InChI=1S/C10H13N3S/c1-7(2)6-14-10-12-8(3)4-9(5-11)13-10/h4,7H,6H2,1-3H3. The van der Waals surface area contributed by atoms with E-state index in [0.717, 1.165) is 11.4 Å². The molecule has 0 aliphatic heterocycles. The fourth-order valence-corrected chi connectivity index (χ4v) is 1.76. The molecular formula is C10H13N3S. The molecule has 0 aliphatic rings. The Labute approximate surface area is 88.6 Å². The third kappa shape index (κ3) is 3.35. The van der Waals surface area contributed by atoms with E-state index in [1.807, 2.05) is 13.0 Å². The quantitative estimate of drug-likeness (QED) is 0.564. The third-order valence-electron chi connectivity index (χ3n) is 1.49. The normalized spacial score (nSPS) is 10.2. The minimum atomic E-state index is 0.448. The Bertz CT molecular complexity index is 355. The Kier molecular flexibility index (Phi) is 3.90. The maximum atomic E-state index is 8.71. The van der Waals surface area contributed by atoms with Crippen LogP contribution in [0, 0.1) is 24.2 Å². The predicted octanol–water partition coefficient (Wildman–Crippen LogP) is 2.40. The first-order chi connectivity index (χ1) is 6.61. The summed E-state index contributed by atoms with van der Waals surface area (Å²) in [5.74, 6) is 1.59. The first kappa shape index (κ1) is 11.0. The van der Waals surface area contributed by atoms with Gasteiger partial charge in [-0.3, -0.25) is 0 Å². The first-order valence-corrected chi connectivity index (χ1v) is 5.49. The molecule has 1 aromatic rings. The summed E-state index contributed by atoms with van der Waals surface area (Å²) in [6, 6.07) is 3.73. The molecule has 0 unspecified atom stereocenters. The minimum absolute atomic E-state index is 0.448. The Morgan fingerprint density at radius 1 is 1.50 bits per heavy atom. The van der Waals surface area contributed by atoms with Crippen molar-refractivity contribution in [1.29, 1.82) is 5.26 Å². The van der Waals surface area contributed by atoms with Crippen LogP contribution in [0.15, 0.2) is 11.2 Å². The van der Waals surface area contributed by atoms with E-state index in [0.29, 0.717) is 16.8 Å². The van der Waals surface area contributed by atoms with Crippen molar-refractivity contribution in [1.82, 2.24) is 9.97 Å².